The topological polar surface area (TPSA) is 164 Å². The van der Waals surface area contributed by atoms with Gasteiger partial charge in [-0.1, -0.05) is 17.8 Å². The third kappa shape index (κ3) is 6.29. The van der Waals surface area contributed by atoms with Crippen LogP contribution in [0.15, 0.2) is 35.8 Å². The average Bonchev–Trinajstić information content (AvgIpc) is 3.36. The molecule has 0 aliphatic carbocycles. The summed E-state index contributed by atoms with van der Waals surface area (Å²) >= 11 is 1.11. The first-order chi connectivity index (χ1) is 16.9. The van der Waals surface area contributed by atoms with E-state index in [0.29, 0.717) is 42.6 Å². The van der Waals surface area contributed by atoms with Crippen LogP contribution >= 0.6 is 11.8 Å². The van der Waals surface area contributed by atoms with Gasteiger partial charge in [-0.15, -0.1) is 0 Å². The van der Waals surface area contributed by atoms with Crippen molar-refractivity contribution in [1.82, 2.24) is 26.0 Å². The molecular weight excluding hydrogens is 470 g/mol. The molecule has 1 aromatic carbocycles. The van der Waals surface area contributed by atoms with E-state index in [1.54, 1.807) is 12.4 Å². The van der Waals surface area contributed by atoms with Crippen molar-refractivity contribution < 1.29 is 9.72 Å². The lowest BCUT2D eigenvalue weighted by Crippen LogP contribution is -2.48. The van der Waals surface area contributed by atoms with Gasteiger partial charge >= 0.3 is 0 Å². The van der Waals surface area contributed by atoms with Gasteiger partial charge in [0.1, 0.15) is 5.69 Å². The van der Waals surface area contributed by atoms with Crippen molar-refractivity contribution in [2.24, 2.45) is 5.10 Å². The van der Waals surface area contributed by atoms with Gasteiger partial charge < -0.3 is 20.5 Å². The standard InChI is InChI=1S/C22H29N9O3S/c1-14-20(28-29-22(32)35-14)15-4-5-18(19(11-15)31(33)34)30-9-6-16(7-10-30)27-21(23)25-8-2-3-17-12-24-13-26-17/h4-5,11-14,16H,2-3,6-10H2,1H3,(H,24,26)(H,29,32)(H3,23,25,27). The molecule has 1 atom stereocenters. The lowest BCUT2D eigenvalue weighted by atomic mass is 10.0. The minimum atomic E-state index is -0.369. The molecule has 0 spiro atoms. The average molecular weight is 500 g/mol. The number of hydrogen-bond acceptors (Lipinski definition) is 8. The number of aryl methyl sites for hydroxylation is 1. The monoisotopic (exact) mass is 499 g/mol. The van der Waals surface area contributed by atoms with E-state index in [9.17, 15) is 14.9 Å². The Kier molecular flexibility index (Phi) is 7.85. The van der Waals surface area contributed by atoms with Crippen molar-refractivity contribution in [3.63, 3.8) is 0 Å². The molecule has 1 saturated heterocycles. The summed E-state index contributed by atoms with van der Waals surface area (Å²) in [7, 11) is 0. The number of amides is 1. The third-order valence-electron chi connectivity index (χ3n) is 6.05. The molecule has 12 nitrogen and oxygen atoms in total. The SMILES string of the molecule is CC1SC(=O)NN=C1c1ccc(N2CCC(NC(=N)NCCCc3c[nH]cn3)CC2)c([N+](=O)[O-])c1. The third-order valence-corrected chi connectivity index (χ3v) is 6.94. The van der Waals surface area contributed by atoms with Gasteiger partial charge in [0, 0.05) is 43.5 Å². The largest absolute Gasteiger partial charge is 0.366 e. The van der Waals surface area contributed by atoms with E-state index in [1.807, 2.05) is 24.1 Å². The number of H-pyrrole nitrogens is 1. The molecule has 2 aliphatic rings. The number of carbonyl (C=O) groups excluding carboxylic acids is 1. The Morgan fingerprint density at radius 2 is 2.17 bits per heavy atom. The number of guanidine groups is 1. The van der Waals surface area contributed by atoms with Crippen molar-refractivity contribution in [2.75, 3.05) is 24.5 Å². The van der Waals surface area contributed by atoms with Gasteiger partial charge in [-0.05, 0) is 38.7 Å². The number of nitrogens with zero attached hydrogens (tertiary/aromatic N) is 4. The first kappa shape index (κ1) is 24.5. The lowest BCUT2D eigenvalue weighted by molar-refractivity contribution is -0.384. The number of hydrogen-bond donors (Lipinski definition) is 5. The van der Waals surface area contributed by atoms with E-state index in [0.717, 1.165) is 43.1 Å². The second-order valence-electron chi connectivity index (χ2n) is 8.49. The van der Waals surface area contributed by atoms with Gasteiger partial charge in [0.2, 0.25) is 0 Å². The van der Waals surface area contributed by atoms with Crippen molar-refractivity contribution in [3.05, 3.63) is 52.1 Å². The van der Waals surface area contributed by atoms with Crippen LogP contribution in [0.25, 0.3) is 0 Å². The number of hydrazone groups is 1. The zero-order chi connectivity index (χ0) is 24.8. The van der Waals surface area contributed by atoms with Crippen LogP contribution in [0.3, 0.4) is 0 Å². The molecule has 0 radical (unpaired) electrons. The molecule has 1 amide bonds. The lowest BCUT2D eigenvalue weighted by Gasteiger charge is -2.34. The van der Waals surface area contributed by atoms with Gasteiger partial charge in [0.05, 0.1) is 27.9 Å². The number of aromatic amines is 1. The first-order valence-electron chi connectivity index (χ1n) is 11.6. The quantitative estimate of drug-likeness (QED) is 0.122. The minimum absolute atomic E-state index is 0.0250. The van der Waals surface area contributed by atoms with Gasteiger partial charge in [0.15, 0.2) is 5.96 Å². The molecule has 13 heteroatoms. The summed E-state index contributed by atoms with van der Waals surface area (Å²) in [6.07, 6.45) is 6.79. The number of nitrogens with one attached hydrogen (secondary N) is 5. The maximum atomic E-state index is 11.9. The predicted molar refractivity (Wildman–Crippen MR) is 136 cm³/mol. The fraction of sp³-hybridized carbons (Fsp3) is 0.455. The van der Waals surface area contributed by atoms with E-state index < -0.39 is 0 Å². The Hall–Kier alpha value is -3.61. The highest BCUT2D eigenvalue weighted by Gasteiger charge is 2.28. The van der Waals surface area contributed by atoms with Crippen LogP contribution in [0.5, 0.6) is 0 Å². The van der Waals surface area contributed by atoms with Crippen LogP contribution in [-0.2, 0) is 6.42 Å². The fourth-order valence-corrected chi connectivity index (χ4v) is 4.99. The molecule has 0 bridgehead atoms. The van der Waals surface area contributed by atoms with E-state index >= 15 is 0 Å². The zero-order valence-corrected chi connectivity index (χ0v) is 20.2. The summed E-state index contributed by atoms with van der Waals surface area (Å²) in [5, 5.41) is 30.0. The molecule has 0 saturated carbocycles. The van der Waals surface area contributed by atoms with Crippen molar-refractivity contribution in [2.45, 2.75) is 43.9 Å². The van der Waals surface area contributed by atoms with Crippen molar-refractivity contribution in [3.8, 4) is 0 Å². The number of nitro groups is 1. The molecule has 1 unspecified atom stereocenters. The summed E-state index contributed by atoms with van der Waals surface area (Å²) in [6.45, 7) is 3.83. The van der Waals surface area contributed by atoms with Crippen LogP contribution < -0.4 is 21.0 Å². The van der Waals surface area contributed by atoms with Gasteiger partial charge in [-0.2, -0.15) is 5.10 Å². The van der Waals surface area contributed by atoms with E-state index in [4.69, 9.17) is 5.41 Å². The number of imidazole rings is 1. The number of benzene rings is 1. The Balaban J connectivity index is 1.30. The number of anilines is 1. The van der Waals surface area contributed by atoms with Crippen LogP contribution in [-0.4, -0.2) is 62.7 Å². The molecule has 4 rings (SSSR count). The Labute approximate surface area is 207 Å². The second-order valence-corrected chi connectivity index (χ2v) is 9.80. The summed E-state index contributed by atoms with van der Waals surface area (Å²) in [5.74, 6) is 0.299. The van der Waals surface area contributed by atoms with Gasteiger partial charge in [-0.25, -0.2) is 10.4 Å². The molecule has 2 aromatic rings. The molecule has 35 heavy (non-hydrogen) atoms. The number of thioether (sulfide) groups is 1. The summed E-state index contributed by atoms with van der Waals surface area (Å²) in [5.41, 5.74) is 5.28. The van der Waals surface area contributed by atoms with Crippen molar-refractivity contribution >= 4 is 40.0 Å². The molecule has 186 valence electrons. The second kappa shape index (κ2) is 11.2. The fourth-order valence-electron chi connectivity index (χ4n) is 4.27. The highest BCUT2D eigenvalue weighted by molar-refractivity contribution is 8.14. The number of aromatic nitrogens is 2. The maximum absolute atomic E-state index is 11.9. The molecule has 1 fully saturated rings. The van der Waals surface area contributed by atoms with E-state index in [2.05, 4.69) is 31.1 Å². The molecular formula is C22H29N9O3S. The number of rotatable bonds is 8. The predicted octanol–water partition coefficient (Wildman–Crippen LogP) is 2.58. The Bertz CT molecular complexity index is 1100. The van der Waals surface area contributed by atoms with E-state index in [1.165, 1.54) is 6.07 Å². The molecule has 1 aromatic heterocycles. The summed E-state index contributed by atoms with van der Waals surface area (Å²) in [4.78, 5) is 32.1. The summed E-state index contributed by atoms with van der Waals surface area (Å²) in [6, 6.07) is 5.26. The van der Waals surface area contributed by atoms with Gasteiger partial charge in [-0.3, -0.25) is 20.3 Å². The van der Waals surface area contributed by atoms with Crippen molar-refractivity contribution in [1.29, 1.82) is 5.41 Å². The van der Waals surface area contributed by atoms with E-state index in [-0.39, 0.29) is 27.1 Å². The number of nitro benzene ring substituents is 1. The Morgan fingerprint density at radius 1 is 1.37 bits per heavy atom. The molecule has 2 aliphatic heterocycles. The highest BCUT2D eigenvalue weighted by atomic mass is 32.2. The van der Waals surface area contributed by atoms with Crippen LogP contribution in [0, 0.1) is 15.5 Å². The molecule has 3 heterocycles. The highest BCUT2D eigenvalue weighted by Crippen LogP contribution is 2.33. The normalized spacial score (nSPS) is 18.5. The molecule has 5 N–H and O–H groups in total. The maximum Gasteiger partial charge on any atom is 0.299 e. The first-order valence-corrected chi connectivity index (χ1v) is 12.4. The smallest absolute Gasteiger partial charge is 0.299 e. The van der Waals surface area contributed by atoms with Crippen LogP contribution in [0.1, 0.15) is 37.4 Å². The number of carbonyl (C=O) groups is 1. The summed E-state index contributed by atoms with van der Waals surface area (Å²) < 4.78 is 0. The van der Waals surface area contributed by atoms with Gasteiger partial charge in [0.25, 0.3) is 10.9 Å². The van der Waals surface area contributed by atoms with Crippen LogP contribution in [0.2, 0.25) is 0 Å². The Morgan fingerprint density at radius 3 is 2.86 bits per heavy atom. The minimum Gasteiger partial charge on any atom is -0.366 e. The number of piperidine rings is 1. The van der Waals surface area contributed by atoms with Crippen LogP contribution in [0.4, 0.5) is 16.2 Å². The zero-order valence-electron chi connectivity index (χ0n) is 19.4.